The van der Waals surface area contributed by atoms with Gasteiger partial charge in [0.2, 0.25) is 0 Å². The fourth-order valence-corrected chi connectivity index (χ4v) is 1.54. The number of halogens is 1. The first-order valence-electron chi connectivity index (χ1n) is 5.26. The third-order valence-corrected chi connectivity index (χ3v) is 2.91. The maximum atomic E-state index is 10.8. The molecule has 2 N–H and O–H groups in total. The molecule has 0 spiro atoms. The standard InChI is InChI=1S/C11H13ClN2O4/c1-6(11(15)16)7(2)13-9-5-8(12)3-4-10(9)14(17)18/h3-7,13H,1-2H3,(H,15,16). The highest BCUT2D eigenvalue weighted by atomic mass is 35.5. The zero-order valence-corrected chi connectivity index (χ0v) is 10.6. The molecule has 1 aromatic rings. The number of carboxylic acid groups (broad SMARTS) is 1. The topological polar surface area (TPSA) is 92.5 Å². The summed E-state index contributed by atoms with van der Waals surface area (Å²) in [4.78, 5) is 21.1. The molecule has 98 valence electrons. The molecule has 2 atom stereocenters. The Hall–Kier alpha value is -1.82. The third-order valence-electron chi connectivity index (χ3n) is 2.68. The van der Waals surface area contributed by atoms with Crippen LogP contribution in [0.15, 0.2) is 18.2 Å². The fourth-order valence-electron chi connectivity index (χ4n) is 1.37. The van der Waals surface area contributed by atoms with Crippen LogP contribution in [0.4, 0.5) is 11.4 Å². The number of nitrogens with one attached hydrogen (secondary N) is 1. The molecule has 7 heteroatoms. The van der Waals surface area contributed by atoms with Gasteiger partial charge in [0.25, 0.3) is 5.69 Å². The van der Waals surface area contributed by atoms with E-state index in [1.165, 1.54) is 25.1 Å². The fraction of sp³-hybridized carbons (Fsp3) is 0.364. The van der Waals surface area contributed by atoms with Gasteiger partial charge in [-0.25, -0.2) is 0 Å². The molecule has 0 radical (unpaired) electrons. The van der Waals surface area contributed by atoms with Crippen LogP contribution in [0, 0.1) is 16.0 Å². The van der Waals surface area contributed by atoms with Gasteiger partial charge in [-0.1, -0.05) is 11.6 Å². The summed E-state index contributed by atoms with van der Waals surface area (Å²) in [5.74, 6) is -1.65. The summed E-state index contributed by atoms with van der Waals surface area (Å²) in [6.07, 6.45) is 0. The lowest BCUT2D eigenvalue weighted by molar-refractivity contribution is -0.384. The van der Waals surface area contributed by atoms with Crippen LogP contribution in [-0.2, 0) is 4.79 Å². The van der Waals surface area contributed by atoms with E-state index in [1.807, 2.05) is 0 Å². The quantitative estimate of drug-likeness (QED) is 0.635. The van der Waals surface area contributed by atoms with Crippen molar-refractivity contribution in [3.8, 4) is 0 Å². The van der Waals surface area contributed by atoms with Crippen LogP contribution in [0.5, 0.6) is 0 Å². The van der Waals surface area contributed by atoms with Crippen LogP contribution >= 0.6 is 11.6 Å². The lowest BCUT2D eigenvalue weighted by Crippen LogP contribution is -2.29. The number of nitro benzene ring substituents is 1. The van der Waals surface area contributed by atoms with Gasteiger partial charge < -0.3 is 10.4 Å². The molecule has 1 aromatic carbocycles. The number of nitrogens with zero attached hydrogens (tertiary/aromatic N) is 1. The van der Waals surface area contributed by atoms with Crippen molar-refractivity contribution in [1.29, 1.82) is 0 Å². The minimum absolute atomic E-state index is 0.135. The Bertz CT molecular complexity index is 478. The maximum absolute atomic E-state index is 10.8. The number of aliphatic carboxylic acids is 1. The lowest BCUT2D eigenvalue weighted by atomic mass is 10.0. The average molecular weight is 273 g/mol. The molecule has 0 bridgehead atoms. The van der Waals surface area contributed by atoms with Gasteiger partial charge in [0.05, 0.1) is 10.8 Å². The van der Waals surface area contributed by atoms with E-state index in [-0.39, 0.29) is 11.4 Å². The highest BCUT2D eigenvalue weighted by Crippen LogP contribution is 2.28. The number of carboxylic acids is 1. The summed E-state index contributed by atoms with van der Waals surface area (Å²) in [6, 6.07) is 3.64. The van der Waals surface area contributed by atoms with Gasteiger partial charge in [-0.2, -0.15) is 0 Å². The van der Waals surface area contributed by atoms with Crippen molar-refractivity contribution in [3.63, 3.8) is 0 Å². The van der Waals surface area contributed by atoms with E-state index in [9.17, 15) is 14.9 Å². The number of anilines is 1. The highest BCUT2D eigenvalue weighted by molar-refractivity contribution is 6.31. The minimum Gasteiger partial charge on any atom is -0.481 e. The molecule has 6 nitrogen and oxygen atoms in total. The van der Waals surface area contributed by atoms with E-state index in [4.69, 9.17) is 16.7 Å². The second-order valence-corrected chi connectivity index (χ2v) is 4.41. The van der Waals surface area contributed by atoms with E-state index in [0.717, 1.165) is 0 Å². The molecule has 1 rings (SSSR count). The second kappa shape index (κ2) is 5.68. The van der Waals surface area contributed by atoms with Gasteiger partial charge in [0, 0.05) is 17.1 Å². The van der Waals surface area contributed by atoms with Gasteiger partial charge in [0.1, 0.15) is 5.69 Å². The Labute approximate surface area is 109 Å². The summed E-state index contributed by atoms with van der Waals surface area (Å²) in [7, 11) is 0. The van der Waals surface area contributed by atoms with E-state index in [2.05, 4.69) is 5.32 Å². The van der Waals surface area contributed by atoms with Gasteiger partial charge in [-0.15, -0.1) is 0 Å². The Morgan fingerprint density at radius 3 is 2.61 bits per heavy atom. The molecule has 0 amide bonds. The van der Waals surface area contributed by atoms with Crippen molar-refractivity contribution in [1.82, 2.24) is 0 Å². The maximum Gasteiger partial charge on any atom is 0.308 e. The second-order valence-electron chi connectivity index (χ2n) is 3.98. The average Bonchev–Trinajstić information content (AvgIpc) is 2.27. The zero-order chi connectivity index (χ0) is 13.9. The summed E-state index contributed by atoms with van der Waals surface area (Å²) in [6.45, 7) is 3.17. The summed E-state index contributed by atoms with van der Waals surface area (Å²) in [5.41, 5.74) is 0.0805. The molecule has 0 aliphatic heterocycles. The highest BCUT2D eigenvalue weighted by Gasteiger charge is 2.22. The molecule has 0 saturated carbocycles. The number of hydrogen-bond donors (Lipinski definition) is 2. The smallest absolute Gasteiger partial charge is 0.308 e. The third kappa shape index (κ3) is 3.33. The number of benzene rings is 1. The van der Waals surface area contributed by atoms with Gasteiger partial charge >= 0.3 is 5.97 Å². The number of rotatable bonds is 5. The van der Waals surface area contributed by atoms with Crippen LogP contribution in [0.1, 0.15) is 13.8 Å². The van der Waals surface area contributed by atoms with Crippen LogP contribution in [0.25, 0.3) is 0 Å². The lowest BCUT2D eigenvalue weighted by Gasteiger charge is -2.19. The largest absolute Gasteiger partial charge is 0.481 e. The summed E-state index contributed by atoms with van der Waals surface area (Å²) >= 11 is 5.77. The zero-order valence-electron chi connectivity index (χ0n) is 9.88. The van der Waals surface area contributed by atoms with Crippen molar-refractivity contribution in [2.45, 2.75) is 19.9 Å². The molecule has 0 aliphatic rings. The first-order chi connectivity index (χ1) is 8.32. The molecular formula is C11H13ClN2O4. The van der Waals surface area contributed by atoms with Crippen LogP contribution in [0.2, 0.25) is 5.02 Å². The predicted octanol–water partition coefficient (Wildman–Crippen LogP) is 2.77. The van der Waals surface area contributed by atoms with Crippen molar-refractivity contribution < 1.29 is 14.8 Å². The number of hydrogen-bond acceptors (Lipinski definition) is 4. The van der Waals surface area contributed by atoms with Gasteiger partial charge in [-0.3, -0.25) is 14.9 Å². The van der Waals surface area contributed by atoms with E-state index in [0.29, 0.717) is 5.02 Å². The normalized spacial score (nSPS) is 13.7. The SMILES string of the molecule is CC(Nc1cc(Cl)ccc1[N+](=O)[O-])C(C)C(=O)O. The minimum atomic E-state index is -0.973. The van der Waals surface area contributed by atoms with Crippen LogP contribution in [-0.4, -0.2) is 22.0 Å². The van der Waals surface area contributed by atoms with E-state index in [1.54, 1.807) is 6.92 Å². The molecule has 0 aromatic heterocycles. The first-order valence-corrected chi connectivity index (χ1v) is 5.64. The Morgan fingerprint density at radius 2 is 2.11 bits per heavy atom. The summed E-state index contributed by atoms with van der Waals surface area (Å²) in [5, 5.41) is 22.8. The van der Waals surface area contributed by atoms with Crippen molar-refractivity contribution in [2.75, 3.05) is 5.32 Å². The Balaban J connectivity index is 2.99. The van der Waals surface area contributed by atoms with Gasteiger partial charge in [-0.05, 0) is 26.0 Å². The van der Waals surface area contributed by atoms with Crippen LogP contribution < -0.4 is 5.32 Å². The van der Waals surface area contributed by atoms with Crippen molar-refractivity contribution in [2.24, 2.45) is 5.92 Å². The molecule has 0 saturated heterocycles. The Kier molecular flexibility index (Phi) is 4.49. The summed E-state index contributed by atoms with van der Waals surface area (Å²) < 4.78 is 0. The monoisotopic (exact) mass is 272 g/mol. The molecular weight excluding hydrogens is 260 g/mol. The number of nitro groups is 1. The molecule has 2 unspecified atom stereocenters. The van der Waals surface area contributed by atoms with Gasteiger partial charge in [0.15, 0.2) is 0 Å². The van der Waals surface area contributed by atoms with Crippen molar-refractivity contribution >= 4 is 28.9 Å². The molecule has 18 heavy (non-hydrogen) atoms. The van der Waals surface area contributed by atoms with E-state index < -0.39 is 22.9 Å². The van der Waals surface area contributed by atoms with Crippen molar-refractivity contribution in [3.05, 3.63) is 33.3 Å². The first kappa shape index (κ1) is 14.2. The molecule has 0 aliphatic carbocycles. The van der Waals surface area contributed by atoms with E-state index >= 15 is 0 Å². The molecule has 0 fully saturated rings. The predicted molar refractivity (Wildman–Crippen MR) is 68.0 cm³/mol. The molecule has 0 heterocycles. The Morgan fingerprint density at radius 1 is 1.50 bits per heavy atom. The van der Waals surface area contributed by atoms with Crippen LogP contribution in [0.3, 0.4) is 0 Å². The number of carbonyl (C=O) groups is 1.